The first kappa shape index (κ1) is 14.8. The molecule has 0 aliphatic rings. The van der Waals surface area contributed by atoms with Crippen LogP contribution < -0.4 is 0 Å². The number of aromatic nitrogens is 3. The van der Waals surface area contributed by atoms with Crippen LogP contribution in [0.3, 0.4) is 0 Å². The average Bonchev–Trinajstić information content (AvgIpc) is 2.90. The van der Waals surface area contributed by atoms with Gasteiger partial charge in [-0.25, -0.2) is 0 Å². The molecule has 0 atom stereocenters. The smallest absolute Gasteiger partial charge is 0.334 e. The van der Waals surface area contributed by atoms with Gasteiger partial charge in [0.1, 0.15) is 5.16 Å². The van der Waals surface area contributed by atoms with E-state index < -0.39 is 12.8 Å². The summed E-state index contributed by atoms with van der Waals surface area (Å²) in [6, 6.07) is 3.38. The van der Waals surface area contributed by atoms with Crippen molar-refractivity contribution < 1.29 is 18.9 Å². The maximum atomic E-state index is 11.8. The Morgan fingerprint density at radius 2 is 1.85 bits per heavy atom. The van der Waals surface area contributed by atoms with Gasteiger partial charge in [0.15, 0.2) is 5.82 Å². The first-order valence-electron chi connectivity index (χ1n) is 6.25. The van der Waals surface area contributed by atoms with Gasteiger partial charge < -0.3 is 14.3 Å². The molecule has 0 bridgehead atoms. The van der Waals surface area contributed by atoms with Crippen molar-refractivity contribution in [2.24, 2.45) is 0 Å². The molecule has 2 rings (SSSR count). The van der Waals surface area contributed by atoms with Crippen molar-refractivity contribution >= 4 is 7.60 Å². The zero-order valence-electron chi connectivity index (χ0n) is 11.2. The molecule has 20 heavy (non-hydrogen) atoms. The lowest BCUT2D eigenvalue weighted by Crippen LogP contribution is -2.26. The van der Waals surface area contributed by atoms with Crippen molar-refractivity contribution in [3.05, 3.63) is 30.4 Å². The van der Waals surface area contributed by atoms with Crippen LogP contribution in [0.4, 0.5) is 0 Å². The van der Waals surface area contributed by atoms with Crippen LogP contribution in [0.2, 0.25) is 0 Å². The number of hydrogen-bond donors (Lipinski definition) is 2. The topological polar surface area (TPSA) is 109 Å². The highest BCUT2D eigenvalue weighted by molar-refractivity contribution is 7.53. The van der Waals surface area contributed by atoms with E-state index in [4.69, 9.17) is 4.52 Å². The van der Waals surface area contributed by atoms with Crippen molar-refractivity contribution in [1.82, 2.24) is 15.1 Å². The van der Waals surface area contributed by atoms with Crippen LogP contribution in [-0.2, 0) is 9.72 Å². The van der Waals surface area contributed by atoms with Crippen molar-refractivity contribution in [1.29, 1.82) is 0 Å². The first-order chi connectivity index (χ1) is 9.44. The maximum Gasteiger partial charge on any atom is 0.339 e. The van der Waals surface area contributed by atoms with Gasteiger partial charge in [-0.3, -0.25) is 9.55 Å². The second-order valence-corrected chi connectivity index (χ2v) is 6.39. The van der Waals surface area contributed by atoms with Crippen LogP contribution in [0.1, 0.15) is 32.5 Å². The maximum absolute atomic E-state index is 11.8. The van der Waals surface area contributed by atoms with Gasteiger partial charge in [0.25, 0.3) is 5.89 Å². The highest BCUT2D eigenvalue weighted by atomic mass is 31.2. The van der Waals surface area contributed by atoms with E-state index in [1.807, 2.05) is 0 Å². The molecular weight excluding hydrogens is 281 g/mol. The molecule has 0 amide bonds. The van der Waals surface area contributed by atoms with Crippen molar-refractivity contribution in [2.45, 2.75) is 31.8 Å². The molecule has 2 aromatic heterocycles. The van der Waals surface area contributed by atoms with Crippen LogP contribution in [0, 0.1) is 0 Å². The summed E-state index contributed by atoms with van der Waals surface area (Å²) in [6.45, 7) is 3.40. The predicted molar refractivity (Wildman–Crippen MR) is 71.8 cm³/mol. The number of nitrogens with zero attached hydrogens (tertiary/aromatic N) is 3. The second-order valence-electron chi connectivity index (χ2n) is 4.44. The van der Waals surface area contributed by atoms with Gasteiger partial charge in [-0.2, -0.15) is 4.98 Å². The van der Waals surface area contributed by atoms with E-state index in [-0.39, 0.29) is 24.6 Å². The van der Waals surface area contributed by atoms with Crippen LogP contribution in [0.15, 0.2) is 29.0 Å². The molecule has 0 fully saturated rings. The lowest BCUT2D eigenvalue weighted by molar-refractivity contribution is 0.302. The van der Waals surface area contributed by atoms with E-state index in [9.17, 15) is 14.4 Å². The Morgan fingerprint density at radius 1 is 1.25 bits per heavy atom. The molecule has 0 saturated heterocycles. The highest BCUT2D eigenvalue weighted by Gasteiger charge is 2.49. The second kappa shape index (κ2) is 5.44. The lowest BCUT2D eigenvalue weighted by Gasteiger charge is -2.28. The number of pyridine rings is 1. The summed E-state index contributed by atoms with van der Waals surface area (Å²) in [5.74, 6) is 0.268. The monoisotopic (exact) mass is 297 g/mol. The van der Waals surface area contributed by atoms with Gasteiger partial charge >= 0.3 is 7.60 Å². The molecule has 0 spiro atoms. The molecule has 0 radical (unpaired) electrons. The minimum Gasteiger partial charge on any atom is -0.334 e. The van der Waals surface area contributed by atoms with Gasteiger partial charge in [0.05, 0.1) is 0 Å². The number of hydrogen-bond acceptors (Lipinski definition) is 5. The molecule has 0 aliphatic carbocycles. The largest absolute Gasteiger partial charge is 0.339 e. The number of rotatable bonds is 5. The standard InChI is InChI=1S/C12H16N3O4P/c1-3-12(4-2,20(16,17)18)11-14-10(19-15-11)9-5-7-13-8-6-9/h5-8H,3-4H2,1-2H3,(H2,16,17,18). The summed E-state index contributed by atoms with van der Waals surface area (Å²) in [4.78, 5) is 27.3. The van der Waals surface area contributed by atoms with Crippen LogP contribution in [-0.4, -0.2) is 24.9 Å². The Kier molecular flexibility index (Phi) is 4.04. The Hall–Kier alpha value is -1.56. The molecule has 2 N–H and O–H groups in total. The fourth-order valence-corrected chi connectivity index (χ4v) is 3.31. The Morgan fingerprint density at radius 3 is 2.35 bits per heavy atom. The van der Waals surface area contributed by atoms with Crippen LogP contribution in [0.25, 0.3) is 11.5 Å². The fraction of sp³-hybridized carbons (Fsp3) is 0.417. The third-order valence-electron chi connectivity index (χ3n) is 3.50. The van der Waals surface area contributed by atoms with Gasteiger partial charge in [-0.05, 0) is 25.0 Å². The summed E-state index contributed by atoms with van der Waals surface area (Å²) in [7, 11) is -4.40. The third-order valence-corrected chi connectivity index (χ3v) is 5.44. The molecule has 2 heterocycles. The quantitative estimate of drug-likeness (QED) is 0.815. The summed E-state index contributed by atoms with van der Waals surface area (Å²) < 4.78 is 16.9. The lowest BCUT2D eigenvalue weighted by atomic mass is 10.0. The van der Waals surface area contributed by atoms with E-state index in [1.165, 1.54) is 0 Å². The van der Waals surface area contributed by atoms with Crippen LogP contribution >= 0.6 is 7.60 Å². The van der Waals surface area contributed by atoms with Gasteiger partial charge in [-0.15, -0.1) is 0 Å². The highest BCUT2D eigenvalue weighted by Crippen LogP contribution is 2.60. The summed E-state index contributed by atoms with van der Waals surface area (Å²) >= 11 is 0. The Bertz CT molecular complexity index is 619. The molecule has 0 saturated carbocycles. The van der Waals surface area contributed by atoms with Gasteiger partial charge in [-0.1, -0.05) is 19.0 Å². The van der Waals surface area contributed by atoms with Crippen molar-refractivity contribution in [3.63, 3.8) is 0 Å². The third kappa shape index (κ3) is 2.40. The van der Waals surface area contributed by atoms with Gasteiger partial charge in [0, 0.05) is 18.0 Å². The van der Waals surface area contributed by atoms with E-state index >= 15 is 0 Å². The molecule has 2 aromatic rings. The predicted octanol–water partition coefficient (Wildman–Crippen LogP) is 2.32. The molecule has 0 aliphatic heterocycles. The minimum atomic E-state index is -4.40. The Balaban J connectivity index is 2.48. The molecule has 8 heteroatoms. The van der Waals surface area contributed by atoms with E-state index in [2.05, 4.69) is 15.1 Å². The normalized spacial score (nSPS) is 12.6. The van der Waals surface area contributed by atoms with Crippen molar-refractivity contribution in [2.75, 3.05) is 0 Å². The zero-order valence-corrected chi connectivity index (χ0v) is 12.1. The van der Waals surface area contributed by atoms with E-state index in [0.717, 1.165) is 0 Å². The zero-order chi connectivity index (χ0) is 14.8. The summed E-state index contributed by atoms with van der Waals surface area (Å²) in [5, 5.41) is 2.37. The molecule has 7 nitrogen and oxygen atoms in total. The van der Waals surface area contributed by atoms with Crippen molar-refractivity contribution in [3.8, 4) is 11.5 Å². The summed E-state index contributed by atoms with van der Waals surface area (Å²) in [5.41, 5.74) is 0.658. The molecule has 108 valence electrons. The first-order valence-corrected chi connectivity index (χ1v) is 7.86. The van der Waals surface area contributed by atoms with Gasteiger partial charge in [0.2, 0.25) is 0 Å². The minimum absolute atomic E-state index is 0.0441. The van der Waals surface area contributed by atoms with E-state index in [0.29, 0.717) is 5.56 Å². The molecule has 0 aromatic carbocycles. The fourth-order valence-electron chi connectivity index (χ4n) is 2.13. The van der Waals surface area contributed by atoms with E-state index in [1.54, 1.807) is 38.4 Å². The van der Waals surface area contributed by atoms with Crippen LogP contribution in [0.5, 0.6) is 0 Å². The molecular formula is C12H16N3O4P. The Labute approximate surface area is 116 Å². The SMILES string of the molecule is CCC(CC)(c1noc(-c2ccncc2)n1)P(=O)(O)O. The molecule has 0 unspecified atom stereocenters. The summed E-state index contributed by atoms with van der Waals surface area (Å²) in [6.07, 6.45) is 3.61. The average molecular weight is 297 g/mol.